The molecule has 10 heteroatoms. The van der Waals surface area contributed by atoms with Crippen LogP contribution in [-0.4, -0.2) is 27.8 Å². The van der Waals surface area contributed by atoms with Crippen molar-refractivity contribution in [3.63, 3.8) is 0 Å². The zero-order valence-electron chi connectivity index (χ0n) is 16.8. The summed E-state index contributed by atoms with van der Waals surface area (Å²) in [6, 6.07) is 17.6. The van der Waals surface area contributed by atoms with Crippen molar-refractivity contribution in [3.8, 4) is 0 Å². The minimum Gasteiger partial charge on any atom is -0.478 e. The average molecular weight is 510 g/mol. The van der Waals surface area contributed by atoms with E-state index in [0.717, 1.165) is 0 Å². The number of carboxylic acids is 1. The van der Waals surface area contributed by atoms with Gasteiger partial charge in [-0.1, -0.05) is 12.1 Å². The fourth-order valence-electron chi connectivity index (χ4n) is 2.75. The molecule has 0 spiro atoms. The molecule has 0 aromatic heterocycles. The molecule has 3 N–H and O–H groups in total. The molecule has 0 heterocycles. The molecule has 3 aromatic carbocycles. The van der Waals surface area contributed by atoms with Crippen molar-refractivity contribution in [2.45, 2.75) is 0 Å². The number of halogens is 1. The number of nitrogens with one attached hydrogen (secondary N) is 2. The topological polar surface area (TPSA) is 139 Å². The lowest BCUT2D eigenvalue weighted by Gasteiger charge is -2.12. The van der Waals surface area contributed by atoms with Crippen LogP contribution in [0.5, 0.6) is 0 Å². The highest BCUT2D eigenvalue weighted by molar-refractivity contribution is 9.10. The second kappa shape index (κ2) is 10.3. The molecule has 0 unspecified atom stereocenters. The van der Waals surface area contributed by atoms with Gasteiger partial charge < -0.3 is 15.7 Å². The predicted octanol–water partition coefficient (Wildman–Crippen LogP) is 4.47. The Bertz CT molecular complexity index is 1250. The molecule has 0 atom stereocenters. The molecule has 3 rings (SSSR count). The summed E-state index contributed by atoms with van der Waals surface area (Å²) in [5.41, 5.74) is 0.873. The SMILES string of the molecule is O=C(Nc1ccc(C(=O)O)cc1)/C(=C\c1ccc([N+](=O)[O-])cc1)NC(=O)c1ccccc1Br. The number of carbonyl (C=O) groups excluding carboxylic acids is 2. The monoisotopic (exact) mass is 509 g/mol. The van der Waals surface area contributed by atoms with E-state index in [1.54, 1.807) is 24.3 Å². The van der Waals surface area contributed by atoms with Crippen LogP contribution in [0, 0.1) is 10.1 Å². The fraction of sp³-hybridized carbons (Fsp3) is 0. The maximum absolute atomic E-state index is 12.9. The minimum atomic E-state index is -1.10. The van der Waals surface area contributed by atoms with Gasteiger partial charge >= 0.3 is 5.97 Å². The van der Waals surface area contributed by atoms with Crippen LogP contribution in [0.3, 0.4) is 0 Å². The number of hydrogen-bond acceptors (Lipinski definition) is 5. The fourth-order valence-corrected chi connectivity index (χ4v) is 3.21. The molecule has 33 heavy (non-hydrogen) atoms. The number of rotatable bonds is 7. The first-order chi connectivity index (χ1) is 15.7. The zero-order valence-corrected chi connectivity index (χ0v) is 18.4. The first-order valence-electron chi connectivity index (χ1n) is 9.41. The molecular weight excluding hydrogens is 494 g/mol. The van der Waals surface area contributed by atoms with Crippen molar-refractivity contribution in [3.05, 3.63) is 110 Å². The summed E-state index contributed by atoms with van der Waals surface area (Å²) in [5.74, 6) is -2.32. The molecule has 0 aliphatic rings. The summed E-state index contributed by atoms with van der Waals surface area (Å²) < 4.78 is 0.529. The van der Waals surface area contributed by atoms with Crippen molar-refractivity contribution < 1.29 is 24.4 Å². The lowest BCUT2D eigenvalue weighted by atomic mass is 10.1. The number of benzene rings is 3. The maximum atomic E-state index is 12.9. The highest BCUT2D eigenvalue weighted by Gasteiger charge is 2.17. The summed E-state index contributed by atoms with van der Waals surface area (Å²) in [5, 5.41) is 25.0. The van der Waals surface area contributed by atoms with Gasteiger partial charge in [0.1, 0.15) is 5.70 Å². The third-order valence-corrected chi connectivity index (χ3v) is 5.11. The lowest BCUT2D eigenvalue weighted by Crippen LogP contribution is -2.31. The number of amides is 2. The van der Waals surface area contributed by atoms with Gasteiger partial charge in [-0.05, 0) is 76.1 Å². The van der Waals surface area contributed by atoms with Gasteiger partial charge in [0.05, 0.1) is 16.1 Å². The number of carboxylic acid groups (broad SMARTS) is 1. The molecule has 0 fully saturated rings. The summed E-state index contributed by atoms with van der Waals surface area (Å²) >= 11 is 3.29. The normalized spacial score (nSPS) is 10.9. The Morgan fingerprint density at radius 1 is 0.939 bits per heavy atom. The van der Waals surface area contributed by atoms with Gasteiger partial charge in [0.15, 0.2) is 0 Å². The van der Waals surface area contributed by atoms with E-state index in [-0.39, 0.29) is 16.9 Å². The number of hydrogen-bond donors (Lipinski definition) is 3. The summed E-state index contributed by atoms with van der Waals surface area (Å²) in [4.78, 5) is 47.0. The average Bonchev–Trinajstić information content (AvgIpc) is 2.79. The minimum absolute atomic E-state index is 0.0527. The van der Waals surface area contributed by atoms with E-state index in [2.05, 4.69) is 26.6 Å². The highest BCUT2D eigenvalue weighted by Crippen LogP contribution is 2.18. The molecule has 166 valence electrons. The van der Waals surface area contributed by atoms with E-state index >= 15 is 0 Å². The van der Waals surface area contributed by atoms with Gasteiger partial charge in [-0.3, -0.25) is 19.7 Å². The summed E-state index contributed by atoms with van der Waals surface area (Å²) in [7, 11) is 0. The Morgan fingerprint density at radius 3 is 2.15 bits per heavy atom. The van der Waals surface area contributed by atoms with Crippen LogP contribution in [0.25, 0.3) is 6.08 Å². The van der Waals surface area contributed by atoms with E-state index in [1.807, 2.05) is 0 Å². The smallest absolute Gasteiger partial charge is 0.335 e. The summed E-state index contributed by atoms with van der Waals surface area (Å²) in [6.07, 6.45) is 1.37. The molecule has 2 amide bonds. The van der Waals surface area contributed by atoms with Crippen LogP contribution >= 0.6 is 15.9 Å². The zero-order chi connectivity index (χ0) is 24.0. The third kappa shape index (κ3) is 6.11. The van der Waals surface area contributed by atoms with Crippen LogP contribution in [0.1, 0.15) is 26.3 Å². The van der Waals surface area contributed by atoms with Crippen LogP contribution in [0.2, 0.25) is 0 Å². The van der Waals surface area contributed by atoms with Crippen molar-refractivity contribution in [2.24, 2.45) is 0 Å². The number of nitro groups is 1. The number of carbonyl (C=O) groups is 3. The second-order valence-corrected chi connectivity index (χ2v) is 7.53. The predicted molar refractivity (Wildman–Crippen MR) is 125 cm³/mol. The van der Waals surface area contributed by atoms with E-state index in [1.165, 1.54) is 54.6 Å². The van der Waals surface area contributed by atoms with Crippen LogP contribution in [-0.2, 0) is 4.79 Å². The second-order valence-electron chi connectivity index (χ2n) is 6.68. The Labute approximate surface area is 196 Å². The number of non-ortho nitro benzene ring substituents is 1. The van der Waals surface area contributed by atoms with E-state index in [0.29, 0.717) is 21.3 Å². The standard InChI is InChI=1S/C23H16BrN3O6/c24-19-4-2-1-3-18(19)21(28)26-20(13-14-5-11-17(12-6-14)27(32)33)22(29)25-16-9-7-15(8-10-16)23(30)31/h1-13H,(H,25,29)(H,26,28)(H,30,31)/b20-13+. The van der Waals surface area contributed by atoms with Crippen molar-refractivity contribution in [1.82, 2.24) is 5.32 Å². The molecule has 0 aliphatic heterocycles. The van der Waals surface area contributed by atoms with Crippen molar-refractivity contribution in [2.75, 3.05) is 5.32 Å². The molecule has 0 aliphatic carbocycles. The van der Waals surface area contributed by atoms with Gasteiger partial charge in [0, 0.05) is 22.3 Å². The van der Waals surface area contributed by atoms with E-state index in [9.17, 15) is 24.5 Å². The Hall–Kier alpha value is -4.31. The molecule has 0 saturated carbocycles. The van der Waals surface area contributed by atoms with Crippen molar-refractivity contribution in [1.29, 1.82) is 0 Å². The molecule has 9 nitrogen and oxygen atoms in total. The number of anilines is 1. The first kappa shape index (κ1) is 23.4. The molecule has 0 bridgehead atoms. The lowest BCUT2D eigenvalue weighted by molar-refractivity contribution is -0.384. The molecule has 0 radical (unpaired) electrons. The Morgan fingerprint density at radius 2 is 1.58 bits per heavy atom. The van der Waals surface area contributed by atoms with Gasteiger partial charge in [-0.2, -0.15) is 0 Å². The van der Waals surface area contributed by atoms with Crippen LogP contribution in [0.4, 0.5) is 11.4 Å². The number of aromatic carboxylic acids is 1. The number of nitro benzene ring substituents is 1. The molecular formula is C23H16BrN3O6. The van der Waals surface area contributed by atoms with Crippen molar-refractivity contribution >= 4 is 51.2 Å². The van der Waals surface area contributed by atoms with Crippen LogP contribution in [0.15, 0.2) is 83.0 Å². The third-order valence-electron chi connectivity index (χ3n) is 4.42. The highest BCUT2D eigenvalue weighted by atomic mass is 79.9. The van der Waals surface area contributed by atoms with Gasteiger partial charge in [0.2, 0.25) is 0 Å². The Balaban J connectivity index is 1.90. The largest absolute Gasteiger partial charge is 0.478 e. The molecule has 0 saturated heterocycles. The first-order valence-corrected chi connectivity index (χ1v) is 10.2. The Kier molecular flexibility index (Phi) is 7.31. The van der Waals surface area contributed by atoms with Crippen LogP contribution < -0.4 is 10.6 Å². The quantitative estimate of drug-likeness (QED) is 0.244. The van der Waals surface area contributed by atoms with Gasteiger partial charge in [-0.25, -0.2) is 4.79 Å². The maximum Gasteiger partial charge on any atom is 0.335 e. The number of nitrogens with zero attached hydrogens (tertiary/aromatic N) is 1. The van der Waals surface area contributed by atoms with E-state index < -0.39 is 22.7 Å². The van der Waals surface area contributed by atoms with E-state index in [4.69, 9.17) is 5.11 Å². The van der Waals surface area contributed by atoms with Gasteiger partial charge in [0.25, 0.3) is 17.5 Å². The molecule has 3 aromatic rings. The summed E-state index contributed by atoms with van der Waals surface area (Å²) in [6.45, 7) is 0. The van der Waals surface area contributed by atoms with Gasteiger partial charge in [-0.15, -0.1) is 0 Å².